The highest BCUT2D eigenvalue weighted by molar-refractivity contribution is 5.95. The van der Waals surface area contributed by atoms with Crippen molar-refractivity contribution in [1.29, 1.82) is 0 Å². The van der Waals surface area contributed by atoms with Gasteiger partial charge in [-0.05, 0) is 58.3 Å². The lowest BCUT2D eigenvalue weighted by molar-refractivity contribution is -0.138. The van der Waals surface area contributed by atoms with Gasteiger partial charge in [0.1, 0.15) is 12.3 Å². The highest BCUT2D eigenvalue weighted by Gasteiger charge is 2.29. The first-order valence-electron chi connectivity index (χ1n) is 11.7. The first kappa shape index (κ1) is 25.6. The van der Waals surface area contributed by atoms with Crippen molar-refractivity contribution in [3.8, 4) is 0 Å². The van der Waals surface area contributed by atoms with Gasteiger partial charge in [-0.3, -0.25) is 9.59 Å². The van der Waals surface area contributed by atoms with Crippen LogP contribution in [0.2, 0.25) is 0 Å². The average Bonchev–Trinajstić information content (AvgIpc) is 3.20. The van der Waals surface area contributed by atoms with Crippen molar-refractivity contribution in [3.63, 3.8) is 0 Å². The Balaban J connectivity index is 2.14. The maximum absolute atomic E-state index is 13.6. The largest absolute Gasteiger partial charge is 0.360 e. The van der Waals surface area contributed by atoms with E-state index in [1.165, 1.54) is 0 Å². The van der Waals surface area contributed by atoms with Gasteiger partial charge < -0.3 is 19.6 Å². The first-order chi connectivity index (χ1) is 15.4. The molecule has 1 aromatic heterocycles. The fraction of sp³-hybridized carbons (Fsp3) is 0.560. The first-order valence-corrected chi connectivity index (χ1v) is 11.7. The van der Waals surface area contributed by atoms with Gasteiger partial charge in [0, 0.05) is 12.1 Å². The number of hydrogen-bond donors (Lipinski definition) is 1. The minimum Gasteiger partial charge on any atom is -0.360 e. The van der Waals surface area contributed by atoms with Crippen LogP contribution in [-0.4, -0.2) is 59.0 Å². The van der Waals surface area contributed by atoms with Crippen LogP contribution in [0.5, 0.6) is 0 Å². The molecule has 0 saturated carbocycles. The number of carbonyl (C=O) groups excluding carboxylic acids is 2. The molecule has 2 rings (SSSR count). The summed E-state index contributed by atoms with van der Waals surface area (Å²) in [6.45, 7) is 13.1. The number of aryl methyl sites for hydroxylation is 1. The van der Waals surface area contributed by atoms with E-state index >= 15 is 0 Å². The Morgan fingerprint density at radius 1 is 1.12 bits per heavy atom. The van der Waals surface area contributed by atoms with Gasteiger partial charge >= 0.3 is 0 Å². The fourth-order valence-corrected chi connectivity index (χ4v) is 3.96. The number of anilines is 1. The summed E-state index contributed by atoms with van der Waals surface area (Å²) in [6.07, 6.45) is 2.48. The van der Waals surface area contributed by atoms with Gasteiger partial charge in [0.25, 0.3) is 0 Å². The van der Waals surface area contributed by atoms with Crippen LogP contribution in [0.15, 0.2) is 40.9 Å². The van der Waals surface area contributed by atoms with Gasteiger partial charge in [-0.15, -0.1) is 0 Å². The van der Waals surface area contributed by atoms with Crippen LogP contribution in [0.4, 0.5) is 5.82 Å². The van der Waals surface area contributed by atoms with Crippen LogP contribution in [0.25, 0.3) is 0 Å². The number of aromatic nitrogens is 1. The van der Waals surface area contributed by atoms with Crippen molar-refractivity contribution in [2.24, 2.45) is 0 Å². The summed E-state index contributed by atoms with van der Waals surface area (Å²) in [5.74, 6) is 0.423. The second kappa shape index (κ2) is 13.0. The van der Waals surface area contributed by atoms with Crippen LogP contribution in [0, 0.1) is 6.92 Å². The van der Waals surface area contributed by atoms with Crippen molar-refractivity contribution in [3.05, 3.63) is 47.7 Å². The highest BCUT2D eigenvalue weighted by atomic mass is 16.5. The molecule has 0 spiro atoms. The molecule has 0 saturated heterocycles. The molecule has 0 aliphatic heterocycles. The lowest BCUT2D eigenvalue weighted by atomic mass is 9.94. The van der Waals surface area contributed by atoms with Gasteiger partial charge in [0.15, 0.2) is 5.82 Å². The summed E-state index contributed by atoms with van der Waals surface area (Å²) in [5.41, 5.74) is 0.980. The molecule has 7 nitrogen and oxygen atoms in total. The minimum absolute atomic E-state index is 0.0134. The summed E-state index contributed by atoms with van der Waals surface area (Å²) in [7, 11) is 0. The van der Waals surface area contributed by atoms with Crippen LogP contribution in [-0.2, 0) is 9.59 Å². The van der Waals surface area contributed by atoms with E-state index in [-0.39, 0.29) is 30.3 Å². The van der Waals surface area contributed by atoms with Crippen molar-refractivity contribution in [1.82, 2.24) is 15.0 Å². The number of nitrogens with zero attached hydrogens (tertiary/aromatic N) is 3. The Labute approximate surface area is 192 Å². The molecule has 1 aromatic carbocycles. The number of nitrogens with one attached hydrogen (secondary N) is 1. The molecule has 7 heteroatoms. The molecule has 0 fully saturated rings. The summed E-state index contributed by atoms with van der Waals surface area (Å²) in [5, 5.41) is 6.57. The fourth-order valence-electron chi connectivity index (χ4n) is 3.96. The summed E-state index contributed by atoms with van der Waals surface area (Å²) < 4.78 is 5.03. The van der Waals surface area contributed by atoms with Gasteiger partial charge in [-0.2, -0.15) is 0 Å². The van der Waals surface area contributed by atoms with Crippen molar-refractivity contribution < 1.29 is 14.1 Å². The van der Waals surface area contributed by atoms with Crippen LogP contribution >= 0.6 is 0 Å². The SMILES string of the molecule is CCC(C(=O)N(CC(=O)Nc1cc(C)on1)C(C)CCCN(CC)CC)c1ccccc1. The molecule has 1 N–H and O–H groups in total. The van der Waals surface area contributed by atoms with Gasteiger partial charge in [-0.1, -0.05) is 56.3 Å². The van der Waals surface area contributed by atoms with E-state index in [9.17, 15) is 9.59 Å². The van der Waals surface area contributed by atoms with E-state index in [0.29, 0.717) is 18.0 Å². The highest BCUT2D eigenvalue weighted by Crippen LogP contribution is 2.24. The third-order valence-corrected chi connectivity index (χ3v) is 5.92. The average molecular weight is 443 g/mol. The summed E-state index contributed by atoms with van der Waals surface area (Å²) in [4.78, 5) is 30.5. The summed E-state index contributed by atoms with van der Waals surface area (Å²) >= 11 is 0. The second-order valence-corrected chi connectivity index (χ2v) is 8.23. The van der Waals surface area contributed by atoms with E-state index < -0.39 is 0 Å². The molecule has 2 amide bonds. The van der Waals surface area contributed by atoms with E-state index in [1.807, 2.05) is 44.2 Å². The smallest absolute Gasteiger partial charge is 0.245 e. The third kappa shape index (κ3) is 7.48. The molecule has 2 aromatic rings. The van der Waals surface area contributed by atoms with Crippen LogP contribution < -0.4 is 5.32 Å². The predicted molar refractivity (Wildman–Crippen MR) is 128 cm³/mol. The number of rotatable bonds is 13. The van der Waals surface area contributed by atoms with Crippen LogP contribution in [0.3, 0.4) is 0 Å². The number of amides is 2. The van der Waals surface area contributed by atoms with Crippen LogP contribution in [0.1, 0.15) is 64.2 Å². The molecule has 176 valence electrons. The molecular weight excluding hydrogens is 404 g/mol. The zero-order chi connectivity index (χ0) is 23.5. The topological polar surface area (TPSA) is 78.7 Å². The molecule has 32 heavy (non-hydrogen) atoms. The molecule has 0 radical (unpaired) electrons. The summed E-state index contributed by atoms with van der Waals surface area (Å²) in [6, 6.07) is 11.4. The zero-order valence-electron chi connectivity index (χ0n) is 20.1. The van der Waals surface area contributed by atoms with E-state index in [0.717, 1.165) is 38.0 Å². The number of benzene rings is 1. The Bertz CT molecular complexity index is 833. The Morgan fingerprint density at radius 2 is 1.81 bits per heavy atom. The normalized spacial score (nSPS) is 13.1. The third-order valence-electron chi connectivity index (χ3n) is 5.92. The molecular formula is C25H38N4O3. The van der Waals surface area contributed by atoms with Gasteiger partial charge in [0.05, 0.1) is 5.92 Å². The van der Waals surface area contributed by atoms with Crippen molar-refractivity contribution in [2.75, 3.05) is 31.5 Å². The van der Waals surface area contributed by atoms with Crippen molar-refractivity contribution >= 4 is 17.6 Å². The van der Waals surface area contributed by atoms with E-state index in [1.54, 1.807) is 17.9 Å². The molecule has 1 heterocycles. The lowest BCUT2D eigenvalue weighted by Crippen LogP contribution is -2.46. The monoisotopic (exact) mass is 442 g/mol. The van der Waals surface area contributed by atoms with Gasteiger partial charge in [0.2, 0.25) is 11.8 Å². The molecule has 2 atom stereocenters. The quantitative estimate of drug-likeness (QED) is 0.496. The minimum atomic E-state index is -0.275. The zero-order valence-corrected chi connectivity index (χ0v) is 20.1. The van der Waals surface area contributed by atoms with E-state index in [2.05, 4.69) is 29.2 Å². The Hall–Kier alpha value is -2.67. The second-order valence-electron chi connectivity index (χ2n) is 8.23. The molecule has 2 unspecified atom stereocenters. The predicted octanol–water partition coefficient (Wildman–Crippen LogP) is 4.45. The molecule has 0 bridgehead atoms. The molecule has 0 aliphatic rings. The molecule has 0 aliphatic carbocycles. The van der Waals surface area contributed by atoms with Crippen molar-refractivity contribution in [2.45, 2.75) is 65.8 Å². The lowest BCUT2D eigenvalue weighted by Gasteiger charge is -2.32. The number of carbonyl (C=O) groups is 2. The maximum atomic E-state index is 13.6. The number of hydrogen-bond acceptors (Lipinski definition) is 5. The Morgan fingerprint density at radius 3 is 2.38 bits per heavy atom. The Kier molecular flexibility index (Phi) is 10.4. The van der Waals surface area contributed by atoms with E-state index in [4.69, 9.17) is 4.52 Å². The standard InChI is InChI=1S/C25H38N4O3/c1-6-22(21-14-10-9-11-15-21)25(31)29(19(4)13-12-16-28(7-2)8-3)18-24(30)26-23-17-20(5)32-27-23/h9-11,14-15,17,19,22H,6-8,12-13,16,18H2,1-5H3,(H,26,27,30). The maximum Gasteiger partial charge on any atom is 0.245 e. The van der Waals surface area contributed by atoms with Gasteiger partial charge in [-0.25, -0.2) is 0 Å².